The van der Waals surface area contributed by atoms with Gasteiger partial charge in [0, 0.05) is 82.2 Å². The standard InChI is InChI=1S/C42H53N3O14S4/c1-41(2)33-26-31(62(54,55)56)12-14-35(33)44(20-6-24-60(48,49)50)37(41)16-10-28-8-5-9-29(39(28)43-22-18-30(19-23-43)40(46)47)11-17-38-42(3,4)34-27-32(63(57,58)59)13-15-36(34)45(38)21-7-25-61(51,52)53/h10-17,26-27,30H,5-9,18-25H2,1-4H3,(H4-,46,47,48,49,50,51,52,53,54,55,56,57,58,59)/p-3. The van der Waals surface area contributed by atoms with E-state index in [2.05, 4.69) is 4.58 Å². The van der Waals surface area contributed by atoms with E-state index in [-0.39, 0.29) is 25.9 Å². The maximum atomic E-state index is 12.1. The third-order valence-corrected chi connectivity index (χ3v) is 15.6. The molecule has 2 aromatic carbocycles. The highest BCUT2D eigenvalue weighted by atomic mass is 32.2. The third-order valence-electron chi connectivity index (χ3n) is 12.4. The molecule has 3 heterocycles. The number of aliphatic carboxylic acids is 1. The summed E-state index contributed by atoms with van der Waals surface area (Å²) in [5.41, 5.74) is 4.27. The fourth-order valence-corrected chi connectivity index (χ4v) is 11.2. The van der Waals surface area contributed by atoms with E-state index in [1.165, 1.54) is 36.4 Å². The van der Waals surface area contributed by atoms with E-state index in [1.54, 1.807) is 0 Å². The lowest BCUT2D eigenvalue weighted by Crippen LogP contribution is -2.36. The van der Waals surface area contributed by atoms with Crippen LogP contribution in [0.5, 0.6) is 0 Å². The monoisotopic (exact) mass is 948 g/mol. The molecule has 2 fully saturated rings. The van der Waals surface area contributed by atoms with Crippen molar-refractivity contribution in [1.29, 1.82) is 0 Å². The molecule has 0 bridgehead atoms. The van der Waals surface area contributed by atoms with Crippen LogP contribution in [0.4, 0.5) is 11.4 Å². The predicted octanol–water partition coefficient (Wildman–Crippen LogP) is 4.01. The molecule has 1 N–H and O–H groups in total. The Morgan fingerprint density at radius 2 is 1.08 bits per heavy atom. The second-order valence-electron chi connectivity index (χ2n) is 17.3. The average molecular weight is 949 g/mol. The molecule has 0 radical (unpaired) electrons. The van der Waals surface area contributed by atoms with E-state index in [0.717, 1.165) is 16.9 Å². The van der Waals surface area contributed by atoms with Gasteiger partial charge in [-0.05, 0) is 91.8 Å². The normalized spacial score (nSPS) is 23.0. The van der Waals surface area contributed by atoms with Crippen LogP contribution in [0.1, 0.15) is 83.8 Å². The predicted molar refractivity (Wildman–Crippen MR) is 229 cm³/mol. The first kappa shape index (κ1) is 48.2. The molecule has 17 nitrogen and oxygen atoms in total. The molecule has 344 valence electrons. The van der Waals surface area contributed by atoms with Gasteiger partial charge in [-0.3, -0.25) is 4.79 Å². The highest BCUT2D eigenvalue weighted by Crippen LogP contribution is 2.50. The molecule has 1 aliphatic carbocycles. The van der Waals surface area contributed by atoms with Gasteiger partial charge in [0.2, 0.25) is 5.71 Å². The Morgan fingerprint density at radius 3 is 1.43 bits per heavy atom. The molecule has 2 aromatic rings. The summed E-state index contributed by atoms with van der Waals surface area (Å²) in [6.07, 6.45) is 10.2. The molecular weight excluding hydrogens is 899 g/mol. The summed E-state index contributed by atoms with van der Waals surface area (Å²) in [6.45, 7) is 8.40. The van der Waals surface area contributed by atoms with E-state index in [0.29, 0.717) is 79.1 Å². The smallest absolute Gasteiger partial charge is 0.306 e. The maximum absolute atomic E-state index is 12.1. The summed E-state index contributed by atoms with van der Waals surface area (Å²) in [5.74, 6) is -2.69. The van der Waals surface area contributed by atoms with Crippen LogP contribution in [0.2, 0.25) is 0 Å². The van der Waals surface area contributed by atoms with Gasteiger partial charge < -0.3 is 33.1 Å². The molecule has 63 heavy (non-hydrogen) atoms. The van der Waals surface area contributed by atoms with Crippen molar-refractivity contribution in [3.05, 3.63) is 94.4 Å². The van der Waals surface area contributed by atoms with Crippen molar-refractivity contribution in [3.63, 3.8) is 0 Å². The molecule has 0 aromatic heterocycles. The molecule has 0 atom stereocenters. The van der Waals surface area contributed by atoms with Crippen LogP contribution in [0.15, 0.2) is 93.0 Å². The highest BCUT2D eigenvalue weighted by Gasteiger charge is 2.42. The molecular formula is C42H50N3O14S4-3. The quantitative estimate of drug-likeness (QED) is 0.219. The molecule has 0 spiro atoms. The number of carboxylic acid groups (broad SMARTS) is 1. The lowest BCUT2D eigenvalue weighted by Gasteiger charge is -2.28. The zero-order valence-corrected chi connectivity index (χ0v) is 38.5. The van der Waals surface area contributed by atoms with E-state index in [9.17, 15) is 61.8 Å². The molecule has 1 saturated carbocycles. The van der Waals surface area contributed by atoms with Crippen LogP contribution < -0.4 is 9.80 Å². The van der Waals surface area contributed by atoms with Gasteiger partial charge in [0.05, 0.1) is 35.9 Å². The molecule has 0 amide bonds. The Morgan fingerprint density at radius 1 is 0.683 bits per heavy atom. The number of allylic oxidation sites excluding steroid dienone is 8. The molecule has 3 aliphatic heterocycles. The Balaban J connectivity index is 1.48. The molecule has 6 rings (SSSR count). The summed E-state index contributed by atoms with van der Waals surface area (Å²) in [4.78, 5) is 14.8. The van der Waals surface area contributed by atoms with Crippen LogP contribution in [0.3, 0.4) is 0 Å². The fraction of sp³-hybridized carbons (Fsp3) is 0.476. The Bertz CT molecular complexity index is 2640. The van der Waals surface area contributed by atoms with Gasteiger partial charge in [-0.2, -0.15) is 0 Å². The van der Waals surface area contributed by atoms with Crippen LogP contribution >= 0.6 is 0 Å². The topological polar surface area (TPSA) is 276 Å². The first-order chi connectivity index (χ1) is 29.1. The lowest BCUT2D eigenvalue weighted by atomic mass is 9.82. The number of nitrogens with zero attached hydrogens (tertiary/aromatic N) is 3. The Labute approximate surface area is 369 Å². The van der Waals surface area contributed by atoms with Crippen LogP contribution in [0.25, 0.3) is 0 Å². The largest absolute Gasteiger partial charge is 0.748 e. The second-order valence-corrected chi connectivity index (χ2v) is 23.1. The summed E-state index contributed by atoms with van der Waals surface area (Å²) < 4.78 is 144. The minimum atomic E-state index is -4.82. The number of rotatable bonds is 13. The fourth-order valence-electron chi connectivity index (χ4n) is 9.25. The first-order valence-electron chi connectivity index (χ1n) is 20.4. The van der Waals surface area contributed by atoms with Crippen LogP contribution in [-0.4, -0.2) is 111 Å². The number of hydrogen-bond acceptors (Lipinski definition) is 15. The SMILES string of the molecule is CC1(C)C(=CC=C2CCC/C(=C\C=C3/N(CCCS(=O)(=O)[O-])c4ccc(S(=O)(=O)[O-])cc4C3(C)C)C2=[N+]2CCC(C(=O)O)CC2)N(CCCS(=O)(=O)[O-])c2ccc(S(=O)(=O)[O-])cc21. The van der Waals surface area contributed by atoms with Gasteiger partial charge in [-0.1, -0.05) is 39.8 Å². The van der Waals surface area contributed by atoms with E-state index >= 15 is 0 Å². The van der Waals surface area contributed by atoms with Gasteiger partial charge >= 0.3 is 5.97 Å². The zero-order chi connectivity index (χ0) is 46.5. The Hall–Kier alpha value is -4.22. The van der Waals surface area contributed by atoms with Crippen molar-refractivity contribution in [2.24, 2.45) is 5.92 Å². The minimum Gasteiger partial charge on any atom is -0.748 e. The molecule has 1 saturated heterocycles. The van der Waals surface area contributed by atoms with Gasteiger partial charge in [0.25, 0.3) is 0 Å². The highest BCUT2D eigenvalue weighted by molar-refractivity contribution is 7.86. The van der Waals surface area contributed by atoms with Crippen molar-refractivity contribution in [3.8, 4) is 0 Å². The van der Waals surface area contributed by atoms with Gasteiger partial charge in [-0.25, -0.2) is 38.2 Å². The summed E-state index contributed by atoms with van der Waals surface area (Å²) in [5, 5.41) is 9.81. The van der Waals surface area contributed by atoms with Crippen LogP contribution in [0, 0.1) is 5.92 Å². The summed E-state index contributed by atoms with van der Waals surface area (Å²) in [7, 11) is -18.7. The second kappa shape index (κ2) is 17.6. The molecule has 4 aliphatic rings. The number of carboxylic acids is 1. The van der Waals surface area contributed by atoms with Crippen molar-refractivity contribution < 1.29 is 66.4 Å². The van der Waals surface area contributed by atoms with Gasteiger partial charge in [-0.15, -0.1) is 0 Å². The van der Waals surface area contributed by atoms with Crippen LogP contribution in [-0.2, 0) is 56.1 Å². The van der Waals surface area contributed by atoms with Gasteiger partial charge in [0.15, 0.2) is 0 Å². The number of fused-ring (bicyclic) bond motifs is 2. The third kappa shape index (κ3) is 10.7. The van der Waals surface area contributed by atoms with Gasteiger partial charge in [0.1, 0.15) is 33.3 Å². The minimum absolute atomic E-state index is 0.0354. The first-order valence-corrected chi connectivity index (χ1v) is 26.4. The molecule has 0 unspecified atom stereocenters. The van der Waals surface area contributed by atoms with E-state index in [4.69, 9.17) is 0 Å². The number of benzene rings is 2. The lowest BCUT2D eigenvalue weighted by molar-refractivity contribution is -0.539. The number of carbonyl (C=O) groups is 1. The number of anilines is 2. The van der Waals surface area contributed by atoms with Crippen molar-refractivity contribution in [2.45, 2.75) is 93.3 Å². The van der Waals surface area contributed by atoms with E-state index < -0.39 is 84.5 Å². The average Bonchev–Trinajstić information content (AvgIpc) is 3.51. The summed E-state index contributed by atoms with van der Waals surface area (Å²) >= 11 is 0. The number of piperidine rings is 1. The zero-order valence-electron chi connectivity index (χ0n) is 35.3. The van der Waals surface area contributed by atoms with Crippen molar-refractivity contribution in [2.75, 3.05) is 47.5 Å². The maximum Gasteiger partial charge on any atom is 0.306 e. The van der Waals surface area contributed by atoms with Crippen molar-refractivity contribution >= 4 is 63.5 Å². The Kier molecular flexibility index (Phi) is 13.5. The van der Waals surface area contributed by atoms with Crippen molar-refractivity contribution in [1.82, 2.24) is 0 Å². The summed E-state index contributed by atoms with van der Waals surface area (Å²) in [6, 6.07) is 8.00. The molecule has 21 heteroatoms. The number of hydrogen-bond donors (Lipinski definition) is 1. The van der Waals surface area contributed by atoms with E-state index in [1.807, 2.05) is 61.8 Å².